The fourth-order valence-electron chi connectivity index (χ4n) is 2.59. The predicted octanol–water partition coefficient (Wildman–Crippen LogP) is 3.09. The molecule has 24 heavy (non-hydrogen) atoms. The van der Waals surface area contributed by atoms with Crippen LogP contribution in [0, 0.1) is 5.41 Å². The molecule has 2 N–H and O–H groups in total. The summed E-state index contributed by atoms with van der Waals surface area (Å²) < 4.78 is 38.4. The Bertz CT molecular complexity index is 666. The summed E-state index contributed by atoms with van der Waals surface area (Å²) in [6.07, 6.45) is -4.20. The van der Waals surface area contributed by atoms with Crippen molar-refractivity contribution in [3.63, 3.8) is 0 Å². The second-order valence-electron chi connectivity index (χ2n) is 6.07. The highest BCUT2D eigenvalue weighted by Crippen LogP contribution is 2.36. The van der Waals surface area contributed by atoms with E-state index in [0.717, 1.165) is 12.1 Å². The van der Waals surface area contributed by atoms with Gasteiger partial charge in [0.15, 0.2) is 0 Å². The summed E-state index contributed by atoms with van der Waals surface area (Å²) in [5, 5.41) is 11.1. The Kier molecular flexibility index (Phi) is 5.10. The summed E-state index contributed by atoms with van der Waals surface area (Å²) in [5.41, 5.74) is -1.96. The number of carbonyl (C=O) groups is 2. The number of hydrogen-bond donors (Lipinski definition) is 2. The van der Waals surface area contributed by atoms with Crippen LogP contribution in [0.15, 0.2) is 18.2 Å². The molecular formula is C15H16ClF3N2O3. The van der Waals surface area contributed by atoms with Crippen molar-refractivity contribution < 1.29 is 27.9 Å². The molecule has 1 fully saturated rings. The van der Waals surface area contributed by atoms with Crippen LogP contribution in [0.25, 0.3) is 0 Å². The molecule has 0 aromatic heterocycles. The second-order valence-corrected chi connectivity index (χ2v) is 6.47. The Morgan fingerprint density at radius 3 is 2.62 bits per heavy atom. The van der Waals surface area contributed by atoms with Gasteiger partial charge < -0.3 is 10.4 Å². The minimum atomic E-state index is -4.62. The number of amides is 1. The summed E-state index contributed by atoms with van der Waals surface area (Å²) in [5.74, 6) is -1.45. The number of halogens is 4. The Morgan fingerprint density at radius 1 is 1.42 bits per heavy atom. The molecule has 5 nitrogen and oxygen atoms in total. The largest absolute Gasteiger partial charge is 0.481 e. The molecule has 0 spiro atoms. The average molecular weight is 365 g/mol. The van der Waals surface area contributed by atoms with Gasteiger partial charge in [0, 0.05) is 12.2 Å². The quantitative estimate of drug-likeness (QED) is 0.861. The van der Waals surface area contributed by atoms with Gasteiger partial charge in [0.2, 0.25) is 5.91 Å². The zero-order valence-corrected chi connectivity index (χ0v) is 13.5. The van der Waals surface area contributed by atoms with E-state index in [-0.39, 0.29) is 18.8 Å². The molecule has 1 saturated heterocycles. The first-order chi connectivity index (χ1) is 11.0. The fraction of sp³-hybridized carbons (Fsp3) is 0.467. The molecule has 1 atom stereocenters. The Hall–Kier alpha value is -1.80. The van der Waals surface area contributed by atoms with Crippen LogP contribution in [-0.2, 0) is 15.8 Å². The molecule has 0 radical (unpaired) electrons. The third-order valence-corrected chi connectivity index (χ3v) is 4.32. The highest BCUT2D eigenvalue weighted by atomic mass is 35.5. The number of nitrogens with one attached hydrogen (secondary N) is 1. The smallest absolute Gasteiger partial charge is 0.417 e. The maximum Gasteiger partial charge on any atom is 0.417 e. The number of aliphatic carboxylic acids is 1. The SMILES string of the molecule is CC1(C(=O)O)CCN(CC(=O)Nc2ccc(Cl)c(C(F)(F)F)c2)C1. The zero-order valence-electron chi connectivity index (χ0n) is 12.8. The lowest BCUT2D eigenvalue weighted by Gasteiger charge is -2.19. The lowest BCUT2D eigenvalue weighted by atomic mass is 9.90. The van der Waals surface area contributed by atoms with E-state index in [4.69, 9.17) is 16.7 Å². The van der Waals surface area contributed by atoms with E-state index >= 15 is 0 Å². The highest BCUT2D eigenvalue weighted by Gasteiger charge is 2.40. The van der Waals surface area contributed by atoms with Gasteiger partial charge in [0.05, 0.1) is 22.5 Å². The topological polar surface area (TPSA) is 69.6 Å². The van der Waals surface area contributed by atoms with Crippen LogP contribution < -0.4 is 5.32 Å². The molecule has 1 aromatic rings. The van der Waals surface area contributed by atoms with Gasteiger partial charge in [-0.05, 0) is 38.1 Å². The maximum atomic E-state index is 12.8. The third kappa shape index (κ3) is 4.18. The molecule has 1 aliphatic rings. The Labute approximate surface area is 141 Å². The first kappa shape index (κ1) is 18.5. The number of benzene rings is 1. The summed E-state index contributed by atoms with van der Waals surface area (Å²) in [4.78, 5) is 24.8. The number of anilines is 1. The molecule has 1 aliphatic heterocycles. The molecule has 132 valence electrons. The molecule has 0 saturated carbocycles. The van der Waals surface area contributed by atoms with E-state index in [2.05, 4.69) is 5.32 Å². The van der Waals surface area contributed by atoms with Crippen LogP contribution in [0.5, 0.6) is 0 Å². The molecular weight excluding hydrogens is 349 g/mol. The van der Waals surface area contributed by atoms with Crippen LogP contribution in [0.3, 0.4) is 0 Å². The summed E-state index contributed by atoms with van der Waals surface area (Å²) >= 11 is 5.52. The number of likely N-dealkylation sites (tertiary alicyclic amines) is 1. The molecule has 1 aromatic carbocycles. The Balaban J connectivity index is 2.00. The number of nitrogens with zero attached hydrogens (tertiary/aromatic N) is 1. The number of carbonyl (C=O) groups excluding carboxylic acids is 1. The monoisotopic (exact) mass is 364 g/mol. The number of carboxylic acids is 1. The van der Waals surface area contributed by atoms with Gasteiger partial charge in [-0.25, -0.2) is 0 Å². The van der Waals surface area contributed by atoms with Gasteiger partial charge in [0.1, 0.15) is 0 Å². The predicted molar refractivity (Wildman–Crippen MR) is 81.9 cm³/mol. The molecule has 1 amide bonds. The van der Waals surface area contributed by atoms with Crippen LogP contribution in [0.1, 0.15) is 18.9 Å². The number of alkyl halides is 3. The van der Waals surface area contributed by atoms with E-state index < -0.39 is 34.1 Å². The van der Waals surface area contributed by atoms with Gasteiger partial charge in [-0.15, -0.1) is 0 Å². The summed E-state index contributed by atoms with van der Waals surface area (Å²) in [6.45, 7) is 2.16. The number of carboxylic acid groups (broad SMARTS) is 1. The van der Waals surface area contributed by atoms with Crippen molar-refractivity contribution in [2.45, 2.75) is 19.5 Å². The van der Waals surface area contributed by atoms with Gasteiger partial charge in [-0.2, -0.15) is 13.2 Å². The van der Waals surface area contributed by atoms with Crippen molar-refractivity contribution in [2.75, 3.05) is 25.0 Å². The first-order valence-electron chi connectivity index (χ1n) is 7.14. The van der Waals surface area contributed by atoms with Crippen LogP contribution in [0.2, 0.25) is 5.02 Å². The number of hydrogen-bond acceptors (Lipinski definition) is 3. The van der Waals surface area contributed by atoms with Crippen LogP contribution in [0.4, 0.5) is 18.9 Å². The molecule has 1 heterocycles. The highest BCUT2D eigenvalue weighted by molar-refractivity contribution is 6.31. The van der Waals surface area contributed by atoms with E-state index in [1.807, 2.05) is 0 Å². The van der Waals surface area contributed by atoms with E-state index in [1.165, 1.54) is 6.07 Å². The van der Waals surface area contributed by atoms with Gasteiger partial charge in [-0.3, -0.25) is 14.5 Å². The van der Waals surface area contributed by atoms with Crippen molar-refractivity contribution >= 4 is 29.2 Å². The van der Waals surface area contributed by atoms with Crippen LogP contribution in [-0.4, -0.2) is 41.5 Å². The molecule has 1 unspecified atom stereocenters. The maximum absolute atomic E-state index is 12.8. The van der Waals surface area contributed by atoms with Crippen molar-refractivity contribution in [3.8, 4) is 0 Å². The van der Waals surface area contributed by atoms with Gasteiger partial charge in [0.25, 0.3) is 0 Å². The minimum absolute atomic E-state index is 0.0167. The van der Waals surface area contributed by atoms with Crippen molar-refractivity contribution in [2.24, 2.45) is 5.41 Å². The number of rotatable bonds is 4. The lowest BCUT2D eigenvalue weighted by Crippen LogP contribution is -2.35. The van der Waals surface area contributed by atoms with Gasteiger partial charge >= 0.3 is 12.1 Å². The fourth-order valence-corrected chi connectivity index (χ4v) is 2.81. The second kappa shape index (κ2) is 6.60. The molecule has 0 bridgehead atoms. The third-order valence-electron chi connectivity index (χ3n) is 3.99. The lowest BCUT2D eigenvalue weighted by molar-refractivity contribution is -0.147. The minimum Gasteiger partial charge on any atom is -0.481 e. The van der Waals surface area contributed by atoms with E-state index in [0.29, 0.717) is 13.0 Å². The van der Waals surface area contributed by atoms with Crippen molar-refractivity contribution in [1.29, 1.82) is 0 Å². The van der Waals surface area contributed by atoms with Crippen molar-refractivity contribution in [3.05, 3.63) is 28.8 Å². The normalized spacial score (nSPS) is 21.7. The first-order valence-corrected chi connectivity index (χ1v) is 7.51. The summed E-state index contributed by atoms with van der Waals surface area (Å²) in [6, 6.07) is 3.11. The molecule has 0 aliphatic carbocycles. The molecule has 2 rings (SSSR count). The van der Waals surface area contributed by atoms with E-state index in [1.54, 1.807) is 11.8 Å². The summed E-state index contributed by atoms with van der Waals surface area (Å²) in [7, 11) is 0. The van der Waals surface area contributed by atoms with Crippen molar-refractivity contribution in [1.82, 2.24) is 4.90 Å². The van der Waals surface area contributed by atoms with Crippen LogP contribution >= 0.6 is 11.6 Å². The molecule has 9 heteroatoms. The Morgan fingerprint density at radius 2 is 2.08 bits per heavy atom. The zero-order chi connectivity index (χ0) is 18.1. The van der Waals surface area contributed by atoms with E-state index in [9.17, 15) is 22.8 Å². The van der Waals surface area contributed by atoms with Gasteiger partial charge in [-0.1, -0.05) is 11.6 Å². The standard InChI is InChI=1S/C15H16ClF3N2O3/c1-14(13(23)24)4-5-21(8-14)7-12(22)20-9-2-3-11(16)10(6-9)15(17,18)19/h2-3,6H,4-5,7-8H2,1H3,(H,20,22)(H,23,24). The average Bonchev–Trinajstić information content (AvgIpc) is 2.82.